The van der Waals surface area contributed by atoms with Gasteiger partial charge in [0.05, 0.1) is 0 Å². The van der Waals surface area contributed by atoms with E-state index >= 15 is 0 Å². The van der Waals surface area contributed by atoms with E-state index in [1.165, 1.54) is 12.1 Å². The van der Waals surface area contributed by atoms with Gasteiger partial charge in [-0.1, -0.05) is 6.42 Å². The second-order valence-electron chi connectivity index (χ2n) is 3.76. The summed E-state index contributed by atoms with van der Waals surface area (Å²) in [5, 5.41) is 28.3. The van der Waals surface area contributed by atoms with Crippen LogP contribution in [0.4, 0.5) is 0 Å². The van der Waals surface area contributed by atoms with E-state index in [2.05, 4.69) is 0 Å². The molecule has 1 rings (SSSR count). The van der Waals surface area contributed by atoms with Gasteiger partial charge in [-0.2, -0.15) is 0 Å². The molecule has 3 N–H and O–H groups in total. The molecule has 0 unspecified atom stereocenters. The van der Waals surface area contributed by atoms with Crippen molar-refractivity contribution in [2.24, 2.45) is 0 Å². The van der Waals surface area contributed by atoms with Crippen molar-refractivity contribution in [1.82, 2.24) is 0 Å². The molecule has 0 aromatic heterocycles. The average Bonchev–Trinajstić information content (AvgIpc) is 2.27. The second-order valence-corrected chi connectivity index (χ2v) is 3.76. The quantitative estimate of drug-likeness (QED) is 0.657. The summed E-state index contributed by atoms with van der Waals surface area (Å²) in [6.45, 7) is 0. The van der Waals surface area contributed by atoms with E-state index < -0.39 is 0 Å². The van der Waals surface area contributed by atoms with Crippen LogP contribution in [-0.4, -0.2) is 36.7 Å². The van der Waals surface area contributed by atoms with Crippen LogP contribution in [0.5, 0.6) is 17.2 Å². The predicted molar refractivity (Wildman–Crippen MR) is 64.3 cm³/mol. The van der Waals surface area contributed by atoms with Gasteiger partial charge in [-0.25, -0.2) is 0 Å². The van der Waals surface area contributed by atoms with Gasteiger partial charge in [0.15, 0.2) is 0 Å². The molecule has 0 aliphatic carbocycles. The van der Waals surface area contributed by atoms with Crippen LogP contribution < -0.4 is 0 Å². The van der Waals surface area contributed by atoms with E-state index in [0.29, 0.717) is 24.7 Å². The Morgan fingerprint density at radius 3 is 2.06 bits per heavy atom. The lowest BCUT2D eigenvalue weighted by Crippen LogP contribution is -2.18. The number of rotatable bonds is 6. The molecule has 0 saturated heterocycles. The predicted octanol–water partition coefficient (Wildman–Crippen LogP) is 1.52. The SMILES string of the molecule is COB(CCCc1c(O)cc(O)cc1O)OC. The normalized spacial score (nSPS) is 10.5. The lowest BCUT2D eigenvalue weighted by molar-refractivity contribution is 0.276. The highest BCUT2D eigenvalue weighted by molar-refractivity contribution is 6.44. The Labute approximate surface area is 101 Å². The van der Waals surface area contributed by atoms with Crippen LogP contribution in [-0.2, 0) is 15.7 Å². The highest BCUT2D eigenvalue weighted by Gasteiger charge is 2.15. The van der Waals surface area contributed by atoms with Crippen molar-refractivity contribution < 1.29 is 24.6 Å². The Morgan fingerprint density at radius 1 is 1.06 bits per heavy atom. The minimum Gasteiger partial charge on any atom is -0.508 e. The van der Waals surface area contributed by atoms with E-state index in [1.807, 2.05) is 0 Å². The molecule has 1 aromatic carbocycles. The summed E-state index contributed by atoms with van der Waals surface area (Å²) in [5.74, 6) is -0.363. The van der Waals surface area contributed by atoms with Gasteiger partial charge in [-0.05, 0) is 12.7 Å². The average molecular weight is 240 g/mol. The van der Waals surface area contributed by atoms with Gasteiger partial charge in [0.25, 0.3) is 0 Å². The summed E-state index contributed by atoms with van der Waals surface area (Å²) >= 11 is 0. The third kappa shape index (κ3) is 3.83. The molecule has 0 amide bonds. The lowest BCUT2D eigenvalue weighted by atomic mass is 9.81. The molecule has 5 nitrogen and oxygen atoms in total. The highest BCUT2D eigenvalue weighted by Crippen LogP contribution is 2.33. The number of benzene rings is 1. The standard InChI is InChI=1S/C11H17BO5/c1-16-12(17-2)5-3-4-9-10(14)6-8(13)7-11(9)15/h6-7,13-15H,3-5H2,1-2H3. The van der Waals surface area contributed by atoms with Crippen LogP contribution >= 0.6 is 0 Å². The van der Waals surface area contributed by atoms with Crippen LogP contribution in [0, 0.1) is 0 Å². The fourth-order valence-electron chi connectivity index (χ4n) is 1.66. The van der Waals surface area contributed by atoms with Gasteiger partial charge in [0, 0.05) is 31.9 Å². The Hall–Kier alpha value is -1.40. The molecular weight excluding hydrogens is 223 g/mol. The molecule has 0 atom stereocenters. The van der Waals surface area contributed by atoms with Crippen LogP contribution in [0.2, 0.25) is 6.32 Å². The van der Waals surface area contributed by atoms with Crippen molar-refractivity contribution in [1.29, 1.82) is 0 Å². The van der Waals surface area contributed by atoms with Crippen LogP contribution in [0.25, 0.3) is 0 Å². The number of hydrogen-bond acceptors (Lipinski definition) is 5. The van der Waals surface area contributed by atoms with Crippen LogP contribution in [0.3, 0.4) is 0 Å². The second kappa shape index (κ2) is 6.37. The number of hydrogen-bond donors (Lipinski definition) is 3. The van der Waals surface area contributed by atoms with E-state index in [-0.39, 0.29) is 24.4 Å². The molecule has 0 bridgehead atoms. The zero-order valence-corrected chi connectivity index (χ0v) is 10.0. The Kier molecular flexibility index (Phi) is 5.12. The van der Waals surface area contributed by atoms with E-state index in [1.54, 1.807) is 14.2 Å². The summed E-state index contributed by atoms with van der Waals surface area (Å²) in [6, 6.07) is 2.42. The maximum absolute atomic E-state index is 9.57. The summed E-state index contributed by atoms with van der Waals surface area (Å²) in [5.41, 5.74) is 0.425. The fraction of sp³-hybridized carbons (Fsp3) is 0.455. The molecule has 0 aliphatic rings. The third-order valence-corrected chi connectivity index (χ3v) is 2.58. The summed E-state index contributed by atoms with van der Waals surface area (Å²) < 4.78 is 10.1. The maximum Gasteiger partial charge on any atom is 0.456 e. The number of aromatic hydroxyl groups is 3. The van der Waals surface area contributed by atoms with Gasteiger partial charge in [-0.3, -0.25) is 0 Å². The molecule has 0 fully saturated rings. The molecule has 0 radical (unpaired) electrons. The van der Waals surface area contributed by atoms with E-state index in [0.717, 1.165) is 0 Å². The molecule has 6 heteroatoms. The molecule has 0 heterocycles. The van der Waals surface area contributed by atoms with Crippen molar-refractivity contribution in [3.63, 3.8) is 0 Å². The number of phenols is 3. The largest absolute Gasteiger partial charge is 0.508 e. The minimum absolute atomic E-state index is 0.103. The van der Waals surface area contributed by atoms with E-state index in [4.69, 9.17) is 14.4 Å². The van der Waals surface area contributed by atoms with Gasteiger partial charge in [0.2, 0.25) is 0 Å². The summed E-state index contributed by atoms with van der Waals surface area (Å²) in [7, 11) is 2.84. The monoisotopic (exact) mass is 240 g/mol. The fourth-order valence-corrected chi connectivity index (χ4v) is 1.66. The zero-order valence-electron chi connectivity index (χ0n) is 10.0. The Bertz CT molecular complexity index is 342. The lowest BCUT2D eigenvalue weighted by Gasteiger charge is -2.10. The molecular formula is C11H17BO5. The molecule has 94 valence electrons. The molecule has 0 saturated carbocycles. The van der Waals surface area contributed by atoms with Crippen molar-refractivity contribution in [3.05, 3.63) is 17.7 Å². The number of phenolic OH excluding ortho intramolecular Hbond substituents is 3. The Balaban J connectivity index is 2.58. The molecule has 17 heavy (non-hydrogen) atoms. The minimum atomic E-state index is -0.281. The molecule has 0 spiro atoms. The first-order valence-corrected chi connectivity index (χ1v) is 5.38. The maximum atomic E-state index is 9.57. The van der Waals surface area contributed by atoms with Crippen molar-refractivity contribution in [2.45, 2.75) is 19.2 Å². The summed E-state index contributed by atoms with van der Waals surface area (Å²) in [4.78, 5) is 0. The Morgan fingerprint density at radius 2 is 1.59 bits per heavy atom. The van der Waals surface area contributed by atoms with Crippen LogP contribution in [0.15, 0.2) is 12.1 Å². The molecule has 0 aliphatic heterocycles. The first kappa shape index (κ1) is 13.7. The van der Waals surface area contributed by atoms with Gasteiger partial charge in [-0.15, -0.1) is 0 Å². The first-order chi connectivity index (χ1) is 8.08. The smallest absolute Gasteiger partial charge is 0.456 e. The summed E-state index contributed by atoms with van der Waals surface area (Å²) in [6.07, 6.45) is 1.84. The van der Waals surface area contributed by atoms with Gasteiger partial charge < -0.3 is 24.6 Å². The van der Waals surface area contributed by atoms with E-state index in [9.17, 15) is 10.2 Å². The van der Waals surface area contributed by atoms with Gasteiger partial charge in [0.1, 0.15) is 17.2 Å². The van der Waals surface area contributed by atoms with Crippen molar-refractivity contribution >= 4 is 7.12 Å². The van der Waals surface area contributed by atoms with Crippen LogP contribution in [0.1, 0.15) is 12.0 Å². The van der Waals surface area contributed by atoms with Crippen molar-refractivity contribution in [3.8, 4) is 17.2 Å². The van der Waals surface area contributed by atoms with Gasteiger partial charge >= 0.3 is 7.12 Å². The molecule has 1 aromatic rings. The third-order valence-electron chi connectivity index (χ3n) is 2.58. The zero-order chi connectivity index (χ0) is 12.8. The first-order valence-electron chi connectivity index (χ1n) is 5.38. The highest BCUT2D eigenvalue weighted by atomic mass is 16.6. The van der Waals surface area contributed by atoms with Crippen molar-refractivity contribution in [2.75, 3.05) is 14.2 Å². The topological polar surface area (TPSA) is 79.2 Å².